The summed E-state index contributed by atoms with van der Waals surface area (Å²) in [6.45, 7) is 1.78. The van der Waals surface area contributed by atoms with Crippen molar-refractivity contribution in [2.45, 2.75) is 18.9 Å². The van der Waals surface area contributed by atoms with Gasteiger partial charge in [-0.05, 0) is 48.4 Å². The van der Waals surface area contributed by atoms with E-state index in [4.69, 9.17) is 16.3 Å². The van der Waals surface area contributed by atoms with Gasteiger partial charge in [0.15, 0.2) is 0 Å². The lowest BCUT2D eigenvalue weighted by Crippen LogP contribution is -2.24. The van der Waals surface area contributed by atoms with Crippen LogP contribution in [-0.4, -0.2) is 12.2 Å². The van der Waals surface area contributed by atoms with E-state index in [2.05, 4.69) is 15.9 Å². The zero-order valence-corrected chi connectivity index (χ0v) is 13.7. The van der Waals surface area contributed by atoms with Crippen LogP contribution in [0.2, 0.25) is 5.02 Å². The van der Waals surface area contributed by atoms with Crippen molar-refractivity contribution in [3.05, 3.63) is 63.1 Å². The van der Waals surface area contributed by atoms with Gasteiger partial charge in [-0.25, -0.2) is 0 Å². The molecular formula is C16H16BrClO2. The van der Waals surface area contributed by atoms with Gasteiger partial charge in [0.05, 0.1) is 12.7 Å². The molecule has 0 amide bonds. The van der Waals surface area contributed by atoms with Gasteiger partial charge in [0.1, 0.15) is 5.75 Å². The third-order valence-corrected chi connectivity index (χ3v) is 4.24. The van der Waals surface area contributed by atoms with Gasteiger partial charge in [0.25, 0.3) is 0 Å². The number of hydrogen-bond acceptors (Lipinski definition) is 2. The number of ether oxygens (including phenoxy) is 1. The summed E-state index contributed by atoms with van der Waals surface area (Å²) in [5, 5.41) is 11.3. The van der Waals surface area contributed by atoms with Crippen molar-refractivity contribution in [3.63, 3.8) is 0 Å². The van der Waals surface area contributed by atoms with Gasteiger partial charge in [-0.3, -0.25) is 0 Å². The van der Waals surface area contributed by atoms with Crippen molar-refractivity contribution in [2.24, 2.45) is 0 Å². The number of methoxy groups -OCH3 is 1. The van der Waals surface area contributed by atoms with Gasteiger partial charge < -0.3 is 9.84 Å². The van der Waals surface area contributed by atoms with E-state index in [1.165, 1.54) is 0 Å². The van der Waals surface area contributed by atoms with E-state index in [0.29, 0.717) is 11.4 Å². The fourth-order valence-corrected chi connectivity index (χ4v) is 2.69. The molecule has 2 aromatic carbocycles. The number of aliphatic hydroxyl groups is 1. The Bertz CT molecular complexity index is 611. The maximum absolute atomic E-state index is 10.7. The maximum Gasteiger partial charge on any atom is 0.119 e. The first-order valence-corrected chi connectivity index (χ1v) is 7.40. The molecule has 0 aliphatic rings. The van der Waals surface area contributed by atoms with E-state index < -0.39 is 5.60 Å². The Morgan fingerprint density at radius 1 is 1.25 bits per heavy atom. The minimum absolute atomic E-state index is 0.463. The molecule has 0 bridgehead atoms. The van der Waals surface area contributed by atoms with Crippen LogP contribution in [0.25, 0.3) is 0 Å². The van der Waals surface area contributed by atoms with Crippen LogP contribution < -0.4 is 4.74 Å². The number of rotatable bonds is 4. The van der Waals surface area contributed by atoms with E-state index in [1.54, 1.807) is 26.2 Å². The Hall–Kier alpha value is -1.03. The average Bonchev–Trinajstić information content (AvgIpc) is 2.41. The zero-order chi connectivity index (χ0) is 14.8. The van der Waals surface area contributed by atoms with Crippen molar-refractivity contribution >= 4 is 27.5 Å². The molecule has 2 rings (SSSR count). The largest absolute Gasteiger partial charge is 0.497 e. The second-order valence-electron chi connectivity index (χ2n) is 4.92. The molecule has 1 atom stereocenters. The van der Waals surface area contributed by atoms with Gasteiger partial charge in [-0.15, -0.1) is 0 Å². The molecule has 106 valence electrons. The first-order valence-electron chi connectivity index (χ1n) is 6.23. The highest BCUT2D eigenvalue weighted by Crippen LogP contribution is 2.31. The molecule has 2 aromatic rings. The molecule has 0 aliphatic carbocycles. The summed E-state index contributed by atoms with van der Waals surface area (Å²) >= 11 is 9.50. The Morgan fingerprint density at radius 2 is 2.00 bits per heavy atom. The number of hydrogen-bond donors (Lipinski definition) is 1. The molecule has 0 fully saturated rings. The highest BCUT2D eigenvalue weighted by atomic mass is 79.9. The fraction of sp³-hybridized carbons (Fsp3) is 0.250. The molecule has 4 heteroatoms. The molecule has 0 saturated carbocycles. The topological polar surface area (TPSA) is 29.5 Å². The van der Waals surface area contributed by atoms with Crippen LogP contribution in [0.1, 0.15) is 18.1 Å². The second kappa shape index (κ2) is 6.17. The van der Waals surface area contributed by atoms with Crippen LogP contribution in [0.15, 0.2) is 46.9 Å². The molecule has 0 aliphatic heterocycles. The summed E-state index contributed by atoms with van der Waals surface area (Å²) in [5.74, 6) is 0.769. The molecule has 0 saturated heterocycles. The molecule has 2 nitrogen and oxygen atoms in total. The van der Waals surface area contributed by atoms with Crippen molar-refractivity contribution < 1.29 is 9.84 Å². The van der Waals surface area contributed by atoms with Crippen molar-refractivity contribution in [2.75, 3.05) is 7.11 Å². The maximum atomic E-state index is 10.7. The first kappa shape index (κ1) is 15.4. The summed E-state index contributed by atoms with van der Waals surface area (Å²) in [6.07, 6.45) is 0.463. The lowest BCUT2D eigenvalue weighted by Gasteiger charge is -2.25. The summed E-state index contributed by atoms with van der Waals surface area (Å²) in [6, 6.07) is 13.0. The monoisotopic (exact) mass is 354 g/mol. The molecule has 0 aromatic heterocycles. The predicted molar refractivity (Wildman–Crippen MR) is 85.4 cm³/mol. The Morgan fingerprint density at radius 3 is 2.65 bits per heavy atom. The third kappa shape index (κ3) is 3.54. The van der Waals surface area contributed by atoms with Crippen LogP contribution in [-0.2, 0) is 12.0 Å². The second-order valence-corrected chi connectivity index (χ2v) is 6.21. The summed E-state index contributed by atoms with van der Waals surface area (Å²) < 4.78 is 6.17. The SMILES string of the molecule is COc1ccc(Br)c(CC(C)(O)c2cccc(Cl)c2)c1. The van der Waals surface area contributed by atoms with Gasteiger partial charge in [0, 0.05) is 15.9 Å². The average molecular weight is 356 g/mol. The Kier molecular flexibility index (Phi) is 4.74. The van der Waals surface area contributed by atoms with Gasteiger partial charge in [0.2, 0.25) is 0 Å². The van der Waals surface area contributed by atoms with Gasteiger partial charge >= 0.3 is 0 Å². The molecular weight excluding hydrogens is 340 g/mol. The van der Waals surface area contributed by atoms with E-state index >= 15 is 0 Å². The highest BCUT2D eigenvalue weighted by Gasteiger charge is 2.25. The van der Waals surface area contributed by atoms with Crippen LogP contribution in [0.4, 0.5) is 0 Å². The van der Waals surface area contributed by atoms with Crippen LogP contribution in [0, 0.1) is 0 Å². The first-order chi connectivity index (χ1) is 9.42. The summed E-state index contributed by atoms with van der Waals surface area (Å²) in [4.78, 5) is 0. The third-order valence-electron chi connectivity index (χ3n) is 3.23. The highest BCUT2D eigenvalue weighted by molar-refractivity contribution is 9.10. The zero-order valence-electron chi connectivity index (χ0n) is 11.4. The van der Waals surface area contributed by atoms with Crippen molar-refractivity contribution in [3.8, 4) is 5.75 Å². The molecule has 0 heterocycles. The Labute approximate surface area is 132 Å². The minimum Gasteiger partial charge on any atom is -0.497 e. The molecule has 20 heavy (non-hydrogen) atoms. The van der Waals surface area contributed by atoms with Gasteiger partial charge in [-0.1, -0.05) is 39.7 Å². The number of benzene rings is 2. The lowest BCUT2D eigenvalue weighted by atomic mass is 9.89. The van der Waals surface area contributed by atoms with E-state index in [-0.39, 0.29) is 0 Å². The predicted octanol–water partition coefficient (Wildman–Crippen LogP) is 4.56. The van der Waals surface area contributed by atoms with Crippen LogP contribution >= 0.6 is 27.5 Å². The van der Waals surface area contributed by atoms with E-state index in [0.717, 1.165) is 21.3 Å². The summed E-state index contributed by atoms with van der Waals surface area (Å²) in [5.41, 5.74) is 0.772. The Balaban J connectivity index is 2.32. The van der Waals surface area contributed by atoms with Crippen LogP contribution in [0.3, 0.4) is 0 Å². The van der Waals surface area contributed by atoms with E-state index in [1.807, 2.05) is 30.3 Å². The molecule has 1 N–H and O–H groups in total. The quantitative estimate of drug-likeness (QED) is 0.871. The standard InChI is InChI=1S/C16H16BrClO2/c1-16(19,12-4-3-5-13(18)9-12)10-11-8-14(20-2)6-7-15(11)17/h3-9,19H,10H2,1-2H3. The van der Waals surface area contributed by atoms with Gasteiger partial charge in [-0.2, -0.15) is 0 Å². The lowest BCUT2D eigenvalue weighted by molar-refractivity contribution is 0.0574. The minimum atomic E-state index is -1.00. The van der Waals surface area contributed by atoms with Crippen molar-refractivity contribution in [1.29, 1.82) is 0 Å². The smallest absolute Gasteiger partial charge is 0.119 e. The molecule has 1 unspecified atom stereocenters. The van der Waals surface area contributed by atoms with Crippen LogP contribution in [0.5, 0.6) is 5.75 Å². The summed E-state index contributed by atoms with van der Waals surface area (Å²) in [7, 11) is 1.63. The number of halogens is 2. The van der Waals surface area contributed by atoms with E-state index in [9.17, 15) is 5.11 Å². The molecule has 0 spiro atoms. The normalized spacial score (nSPS) is 13.8. The molecule has 0 radical (unpaired) electrons. The fourth-order valence-electron chi connectivity index (χ4n) is 2.11. The van der Waals surface area contributed by atoms with Crippen molar-refractivity contribution in [1.82, 2.24) is 0 Å².